The number of benzene rings is 1. The van der Waals surface area contributed by atoms with Crippen molar-refractivity contribution in [1.29, 1.82) is 0 Å². The summed E-state index contributed by atoms with van der Waals surface area (Å²) in [5, 5.41) is 8.90. The van der Waals surface area contributed by atoms with E-state index in [0.29, 0.717) is 17.0 Å². The van der Waals surface area contributed by atoms with Crippen LogP contribution in [0.3, 0.4) is 0 Å². The Morgan fingerprint density at radius 3 is 2.48 bits per heavy atom. The Kier molecular flexibility index (Phi) is 3.85. The Morgan fingerprint density at radius 2 is 1.78 bits per heavy atom. The van der Waals surface area contributed by atoms with Crippen LogP contribution in [0.2, 0.25) is 0 Å². The molecular weight excluding hydrogens is 292 g/mol. The molecule has 23 heavy (non-hydrogen) atoms. The number of hydrogen-bond donors (Lipinski definition) is 1. The van der Waals surface area contributed by atoms with E-state index in [-0.39, 0.29) is 12.2 Å². The molecule has 0 amide bonds. The van der Waals surface area contributed by atoms with E-state index in [0.717, 1.165) is 5.69 Å². The van der Waals surface area contributed by atoms with Crippen molar-refractivity contribution in [3.63, 3.8) is 0 Å². The van der Waals surface area contributed by atoms with Gasteiger partial charge in [0.1, 0.15) is 0 Å². The first-order valence-electron chi connectivity index (χ1n) is 7.21. The van der Waals surface area contributed by atoms with E-state index in [1.807, 2.05) is 47.3 Å². The summed E-state index contributed by atoms with van der Waals surface area (Å²) in [6.45, 7) is 0. The van der Waals surface area contributed by atoms with Crippen molar-refractivity contribution in [1.82, 2.24) is 9.13 Å². The molecule has 0 aliphatic carbocycles. The standard InChI is InChI=1S/C18H16N2O3/c1-19-14(12-17(21)22)7-8-16(19)18(23)13-5-4-6-15(11-13)20-9-2-3-10-20/h2-11H,12H2,1H3,(H,21,22). The Hall–Kier alpha value is -3.08. The number of carbonyl (C=O) groups excluding carboxylic acids is 1. The predicted molar refractivity (Wildman–Crippen MR) is 86.0 cm³/mol. The molecule has 1 N–H and O–H groups in total. The lowest BCUT2D eigenvalue weighted by Crippen LogP contribution is -2.11. The zero-order valence-electron chi connectivity index (χ0n) is 12.6. The third kappa shape index (κ3) is 2.94. The van der Waals surface area contributed by atoms with Gasteiger partial charge in [0.2, 0.25) is 5.78 Å². The van der Waals surface area contributed by atoms with Crippen LogP contribution in [0.1, 0.15) is 21.7 Å². The van der Waals surface area contributed by atoms with Gasteiger partial charge in [-0.3, -0.25) is 9.59 Å². The topological polar surface area (TPSA) is 64.2 Å². The van der Waals surface area contributed by atoms with Crippen LogP contribution in [0.25, 0.3) is 5.69 Å². The van der Waals surface area contributed by atoms with E-state index in [9.17, 15) is 9.59 Å². The van der Waals surface area contributed by atoms with Gasteiger partial charge in [0.15, 0.2) is 0 Å². The molecule has 3 aromatic rings. The molecule has 0 unspecified atom stereocenters. The number of nitrogens with zero attached hydrogens (tertiary/aromatic N) is 2. The molecule has 0 bridgehead atoms. The van der Waals surface area contributed by atoms with E-state index >= 15 is 0 Å². The molecule has 0 saturated heterocycles. The van der Waals surface area contributed by atoms with E-state index in [1.54, 1.807) is 29.8 Å². The second-order valence-corrected chi connectivity index (χ2v) is 5.31. The molecule has 2 aromatic heterocycles. The second-order valence-electron chi connectivity index (χ2n) is 5.31. The molecule has 0 spiro atoms. The number of hydrogen-bond acceptors (Lipinski definition) is 2. The van der Waals surface area contributed by atoms with Crippen LogP contribution in [-0.4, -0.2) is 26.0 Å². The first-order chi connectivity index (χ1) is 11.1. The minimum atomic E-state index is -0.917. The molecule has 1 aromatic carbocycles. The maximum atomic E-state index is 12.7. The van der Waals surface area contributed by atoms with E-state index in [2.05, 4.69) is 0 Å². The minimum Gasteiger partial charge on any atom is -0.481 e. The van der Waals surface area contributed by atoms with Crippen LogP contribution in [-0.2, 0) is 18.3 Å². The highest BCUT2D eigenvalue weighted by Crippen LogP contribution is 2.17. The average Bonchev–Trinajstić information content (AvgIpc) is 3.18. The van der Waals surface area contributed by atoms with Crippen molar-refractivity contribution in [2.75, 3.05) is 0 Å². The molecule has 0 aliphatic heterocycles. The summed E-state index contributed by atoms with van der Waals surface area (Å²) in [7, 11) is 1.71. The smallest absolute Gasteiger partial charge is 0.309 e. The molecular formula is C18H16N2O3. The molecule has 0 atom stereocenters. The first kappa shape index (κ1) is 14.8. The Labute approximate surface area is 133 Å². The van der Waals surface area contributed by atoms with Gasteiger partial charge < -0.3 is 14.2 Å². The molecule has 0 aliphatic rings. The van der Waals surface area contributed by atoms with Crippen molar-refractivity contribution in [2.24, 2.45) is 7.05 Å². The summed E-state index contributed by atoms with van der Waals surface area (Å²) in [4.78, 5) is 23.6. The van der Waals surface area contributed by atoms with Crippen molar-refractivity contribution >= 4 is 11.8 Å². The number of carbonyl (C=O) groups is 2. The SMILES string of the molecule is Cn1c(CC(=O)O)ccc1C(=O)c1cccc(-n2cccc2)c1. The second kappa shape index (κ2) is 5.96. The fraction of sp³-hybridized carbons (Fsp3) is 0.111. The number of aliphatic carboxylic acids is 1. The third-order valence-electron chi connectivity index (χ3n) is 3.80. The van der Waals surface area contributed by atoms with Gasteiger partial charge in [-0.1, -0.05) is 12.1 Å². The molecule has 0 fully saturated rings. The van der Waals surface area contributed by atoms with Gasteiger partial charge in [0, 0.05) is 36.4 Å². The molecule has 5 heteroatoms. The number of aromatic nitrogens is 2. The highest BCUT2D eigenvalue weighted by Gasteiger charge is 2.16. The van der Waals surface area contributed by atoms with Gasteiger partial charge in [-0.25, -0.2) is 0 Å². The van der Waals surface area contributed by atoms with Gasteiger partial charge in [0.05, 0.1) is 12.1 Å². The maximum Gasteiger partial charge on any atom is 0.309 e. The largest absolute Gasteiger partial charge is 0.481 e. The van der Waals surface area contributed by atoms with Crippen molar-refractivity contribution in [2.45, 2.75) is 6.42 Å². The third-order valence-corrected chi connectivity index (χ3v) is 3.80. The number of rotatable bonds is 5. The minimum absolute atomic E-state index is 0.104. The zero-order chi connectivity index (χ0) is 16.4. The van der Waals surface area contributed by atoms with Gasteiger partial charge in [-0.2, -0.15) is 0 Å². The number of carboxylic acids is 1. The maximum absolute atomic E-state index is 12.7. The van der Waals surface area contributed by atoms with Crippen LogP contribution in [0, 0.1) is 0 Å². The Balaban J connectivity index is 1.93. The van der Waals surface area contributed by atoms with Crippen molar-refractivity contribution in [3.8, 4) is 5.69 Å². The summed E-state index contributed by atoms with van der Waals surface area (Å²) in [6.07, 6.45) is 3.72. The summed E-state index contributed by atoms with van der Waals surface area (Å²) in [5.41, 5.74) is 2.55. The fourth-order valence-corrected chi connectivity index (χ4v) is 2.58. The lowest BCUT2D eigenvalue weighted by Gasteiger charge is -2.08. The first-order valence-corrected chi connectivity index (χ1v) is 7.21. The van der Waals surface area contributed by atoms with Gasteiger partial charge >= 0.3 is 5.97 Å². The molecule has 116 valence electrons. The molecule has 5 nitrogen and oxygen atoms in total. The average molecular weight is 308 g/mol. The number of carboxylic acid groups (broad SMARTS) is 1. The lowest BCUT2D eigenvalue weighted by molar-refractivity contribution is -0.136. The van der Waals surface area contributed by atoms with Gasteiger partial charge in [0.25, 0.3) is 0 Å². The molecule has 0 radical (unpaired) electrons. The molecule has 0 saturated carbocycles. The summed E-state index contributed by atoms with van der Waals surface area (Å²) in [5.74, 6) is -1.04. The van der Waals surface area contributed by atoms with Gasteiger partial charge in [-0.05, 0) is 36.4 Å². The molecule has 2 heterocycles. The van der Waals surface area contributed by atoms with Crippen LogP contribution >= 0.6 is 0 Å². The quantitative estimate of drug-likeness (QED) is 0.737. The van der Waals surface area contributed by atoms with Crippen LogP contribution in [0.15, 0.2) is 60.9 Å². The predicted octanol–water partition coefficient (Wildman–Crippen LogP) is 2.67. The highest BCUT2D eigenvalue weighted by molar-refractivity contribution is 6.08. The van der Waals surface area contributed by atoms with Crippen molar-refractivity contribution in [3.05, 3.63) is 77.9 Å². The van der Waals surface area contributed by atoms with Crippen molar-refractivity contribution < 1.29 is 14.7 Å². The summed E-state index contributed by atoms with van der Waals surface area (Å²) < 4.78 is 3.57. The van der Waals surface area contributed by atoms with Gasteiger partial charge in [-0.15, -0.1) is 0 Å². The lowest BCUT2D eigenvalue weighted by atomic mass is 10.1. The van der Waals surface area contributed by atoms with Crippen LogP contribution in [0.5, 0.6) is 0 Å². The van der Waals surface area contributed by atoms with E-state index in [4.69, 9.17) is 5.11 Å². The normalized spacial score (nSPS) is 10.7. The number of ketones is 1. The fourth-order valence-electron chi connectivity index (χ4n) is 2.58. The van der Waals surface area contributed by atoms with E-state index in [1.165, 1.54) is 0 Å². The molecule has 3 rings (SSSR count). The zero-order valence-corrected chi connectivity index (χ0v) is 12.6. The monoisotopic (exact) mass is 308 g/mol. The van der Waals surface area contributed by atoms with E-state index < -0.39 is 5.97 Å². The van der Waals surface area contributed by atoms with Crippen LogP contribution < -0.4 is 0 Å². The highest BCUT2D eigenvalue weighted by atomic mass is 16.4. The van der Waals surface area contributed by atoms with Crippen LogP contribution in [0.4, 0.5) is 0 Å². The summed E-state index contributed by atoms with van der Waals surface area (Å²) >= 11 is 0. The Bertz CT molecular complexity index is 860. The summed E-state index contributed by atoms with van der Waals surface area (Å²) in [6, 6.07) is 14.5. The Morgan fingerprint density at radius 1 is 1.04 bits per heavy atom.